The van der Waals surface area contributed by atoms with E-state index >= 15 is 0 Å². The Bertz CT molecular complexity index is 543. The molecule has 0 spiro atoms. The summed E-state index contributed by atoms with van der Waals surface area (Å²) >= 11 is 0. The maximum Gasteiger partial charge on any atom is 0.269 e. The summed E-state index contributed by atoms with van der Waals surface area (Å²) in [5.74, 6) is -0.0256. The number of likely N-dealkylation sites (N-methyl/N-ethyl adjacent to an activating group) is 1. The van der Waals surface area contributed by atoms with E-state index in [9.17, 15) is 14.9 Å². The Hall–Kier alpha value is -1.95. The van der Waals surface area contributed by atoms with E-state index in [0.717, 1.165) is 32.4 Å². The molecular formula is C15H21N3O3. The molecule has 1 N–H and O–H groups in total. The molecule has 1 aromatic carbocycles. The Kier molecular flexibility index (Phi) is 4.90. The number of likely N-dealkylation sites (tertiary alicyclic amines) is 1. The lowest BCUT2D eigenvalue weighted by molar-refractivity contribution is -0.384. The van der Waals surface area contributed by atoms with Crippen LogP contribution < -0.4 is 5.32 Å². The molecule has 1 aliphatic rings. The molecule has 1 aromatic rings. The number of amides is 1. The highest BCUT2D eigenvalue weighted by Gasteiger charge is 2.28. The van der Waals surface area contributed by atoms with Crippen LogP contribution in [-0.4, -0.2) is 41.9 Å². The van der Waals surface area contributed by atoms with Crippen LogP contribution in [0, 0.1) is 17.0 Å². The number of carbonyl (C=O) groups excluding carboxylic acids is 1. The van der Waals surface area contributed by atoms with Crippen molar-refractivity contribution in [3.05, 3.63) is 39.4 Å². The van der Waals surface area contributed by atoms with Crippen LogP contribution in [-0.2, 0) is 0 Å². The standard InChI is InChI=1S/C15H21N3O3/c1-11-9-12(18(20)21)6-7-14(11)15(19)17-8-4-3-5-13(17)10-16-2/h6-7,9,13,16H,3-5,8,10H2,1-2H3. The van der Waals surface area contributed by atoms with Gasteiger partial charge in [-0.15, -0.1) is 0 Å². The van der Waals surface area contributed by atoms with Crippen molar-refractivity contribution < 1.29 is 9.72 Å². The van der Waals surface area contributed by atoms with E-state index in [1.807, 2.05) is 11.9 Å². The third-order valence-electron chi connectivity index (χ3n) is 3.98. The SMILES string of the molecule is CNCC1CCCCN1C(=O)c1ccc([N+](=O)[O-])cc1C. The molecule has 21 heavy (non-hydrogen) atoms. The first-order valence-corrected chi connectivity index (χ1v) is 7.25. The molecule has 0 radical (unpaired) electrons. The summed E-state index contributed by atoms with van der Waals surface area (Å²) < 4.78 is 0. The molecule has 0 bridgehead atoms. The fourth-order valence-electron chi connectivity index (χ4n) is 2.87. The second-order valence-corrected chi connectivity index (χ2v) is 5.46. The van der Waals surface area contributed by atoms with E-state index < -0.39 is 4.92 Å². The van der Waals surface area contributed by atoms with Crippen LogP contribution in [0.2, 0.25) is 0 Å². The van der Waals surface area contributed by atoms with E-state index in [-0.39, 0.29) is 17.6 Å². The average Bonchev–Trinajstić information content (AvgIpc) is 2.47. The first kappa shape index (κ1) is 15.4. The number of carbonyl (C=O) groups is 1. The summed E-state index contributed by atoms with van der Waals surface area (Å²) in [6, 6.07) is 4.63. The first-order valence-electron chi connectivity index (χ1n) is 7.25. The second-order valence-electron chi connectivity index (χ2n) is 5.46. The molecule has 1 aliphatic heterocycles. The van der Waals surface area contributed by atoms with Gasteiger partial charge in [0, 0.05) is 36.8 Å². The van der Waals surface area contributed by atoms with Crippen LogP contribution in [0.4, 0.5) is 5.69 Å². The van der Waals surface area contributed by atoms with Crippen molar-refractivity contribution in [1.82, 2.24) is 10.2 Å². The van der Waals surface area contributed by atoms with E-state index in [1.165, 1.54) is 12.1 Å². The van der Waals surface area contributed by atoms with Gasteiger partial charge in [-0.05, 0) is 44.9 Å². The molecule has 1 atom stereocenters. The predicted molar refractivity (Wildman–Crippen MR) is 80.4 cm³/mol. The van der Waals surface area contributed by atoms with Crippen LogP contribution in [0.3, 0.4) is 0 Å². The molecule has 1 saturated heterocycles. The van der Waals surface area contributed by atoms with E-state index in [2.05, 4.69) is 5.32 Å². The van der Waals surface area contributed by atoms with Gasteiger partial charge in [-0.3, -0.25) is 14.9 Å². The van der Waals surface area contributed by atoms with Crippen molar-refractivity contribution in [2.75, 3.05) is 20.1 Å². The van der Waals surface area contributed by atoms with Crippen molar-refractivity contribution in [3.63, 3.8) is 0 Å². The normalized spacial score (nSPS) is 18.6. The number of aryl methyl sites for hydroxylation is 1. The van der Waals surface area contributed by atoms with Crippen LogP contribution in [0.1, 0.15) is 35.2 Å². The monoisotopic (exact) mass is 291 g/mol. The third-order valence-corrected chi connectivity index (χ3v) is 3.98. The highest BCUT2D eigenvalue weighted by atomic mass is 16.6. The molecule has 1 amide bonds. The zero-order valence-corrected chi connectivity index (χ0v) is 12.5. The van der Waals surface area contributed by atoms with Crippen molar-refractivity contribution in [3.8, 4) is 0 Å². The van der Waals surface area contributed by atoms with Crippen LogP contribution >= 0.6 is 0 Å². The average molecular weight is 291 g/mol. The Balaban J connectivity index is 2.23. The lowest BCUT2D eigenvalue weighted by atomic mass is 9.99. The van der Waals surface area contributed by atoms with Gasteiger partial charge < -0.3 is 10.2 Å². The summed E-state index contributed by atoms with van der Waals surface area (Å²) in [6.45, 7) is 3.27. The van der Waals surface area contributed by atoms with Gasteiger partial charge in [0.2, 0.25) is 0 Å². The van der Waals surface area contributed by atoms with Gasteiger partial charge in [0.05, 0.1) is 4.92 Å². The molecule has 2 rings (SSSR count). The van der Waals surface area contributed by atoms with E-state index in [0.29, 0.717) is 11.1 Å². The minimum Gasteiger partial charge on any atom is -0.334 e. The quantitative estimate of drug-likeness (QED) is 0.681. The molecule has 6 nitrogen and oxygen atoms in total. The highest BCUT2D eigenvalue weighted by molar-refractivity contribution is 5.96. The summed E-state index contributed by atoms with van der Waals surface area (Å²) in [5, 5.41) is 13.9. The molecule has 0 aromatic heterocycles. The Morgan fingerprint density at radius 2 is 2.24 bits per heavy atom. The smallest absolute Gasteiger partial charge is 0.269 e. The number of piperidine rings is 1. The topological polar surface area (TPSA) is 75.5 Å². The maximum absolute atomic E-state index is 12.7. The second kappa shape index (κ2) is 6.67. The minimum atomic E-state index is -0.439. The van der Waals surface area contributed by atoms with Gasteiger partial charge in [0.25, 0.3) is 11.6 Å². The Labute approximate surface area is 124 Å². The van der Waals surface area contributed by atoms with Gasteiger partial charge in [0.15, 0.2) is 0 Å². The maximum atomic E-state index is 12.7. The number of nitrogens with one attached hydrogen (secondary N) is 1. The molecule has 1 unspecified atom stereocenters. The molecule has 1 fully saturated rings. The van der Waals surface area contributed by atoms with Crippen molar-refractivity contribution >= 4 is 11.6 Å². The van der Waals surface area contributed by atoms with E-state index in [1.54, 1.807) is 13.0 Å². The van der Waals surface area contributed by atoms with Crippen LogP contribution in [0.15, 0.2) is 18.2 Å². The molecule has 6 heteroatoms. The van der Waals surface area contributed by atoms with Gasteiger partial charge >= 0.3 is 0 Å². The zero-order chi connectivity index (χ0) is 15.4. The number of non-ortho nitro benzene ring substituents is 1. The lowest BCUT2D eigenvalue weighted by Crippen LogP contribution is -2.48. The third kappa shape index (κ3) is 3.39. The summed E-state index contributed by atoms with van der Waals surface area (Å²) in [6.07, 6.45) is 3.14. The first-order chi connectivity index (χ1) is 10.0. The van der Waals surface area contributed by atoms with E-state index in [4.69, 9.17) is 0 Å². The minimum absolute atomic E-state index is 0.0227. The Morgan fingerprint density at radius 1 is 1.48 bits per heavy atom. The summed E-state index contributed by atoms with van der Waals surface area (Å²) in [7, 11) is 1.88. The molecular weight excluding hydrogens is 270 g/mol. The van der Waals surface area contributed by atoms with Crippen LogP contribution in [0.25, 0.3) is 0 Å². The number of nitro groups is 1. The predicted octanol–water partition coefficient (Wildman–Crippen LogP) is 2.12. The number of hydrogen-bond donors (Lipinski definition) is 1. The number of nitro benzene ring substituents is 1. The van der Waals surface area contributed by atoms with Crippen LogP contribution in [0.5, 0.6) is 0 Å². The van der Waals surface area contributed by atoms with Crippen molar-refractivity contribution in [2.45, 2.75) is 32.2 Å². The summed E-state index contributed by atoms with van der Waals surface area (Å²) in [5.41, 5.74) is 1.24. The molecule has 1 heterocycles. The fraction of sp³-hybridized carbons (Fsp3) is 0.533. The molecule has 114 valence electrons. The van der Waals surface area contributed by atoms with Gasteiger partial charge in [0.1, 0.15) is 0 Å². The zero-order valence-electron chi connectivity index (χ0n) is 12.5. The number of hydrogen-bond acceptors (Lipinski definition) is 4. The number of benzene rings is 1. The molecule has 0 saturated carbocycles. The summed E-state index contributed by atoms with van der Waals surface area (Å²) in [4.78, 5) is 24.9. The van der Waals surface area contributed by atoms with Crippen molar-refractivity contribution in [1.29, 1.82) is 0 Å². The largest absolute Gasteiger partial charge is 0.334 e. The Morgan fingerprint density at radius 3 is 2.86 bits per heavy atom. The van der Waals surface area contributed by atoms with Gasteiger partial charge in [-0.2, -0.15) is 0 Å². The fourth-order valence-corrected chi connectivity index (χ4v) is 2.87. The van der Waals surface area contributed by atoms with Gasteiger partial charge in [-0.1, -0.05) is 0 Å². The van der Waals surface area contributed by atoms with Crippen molar-refractivity contribution in [2.24, 2.45) is 0 Å². The number of rotatable bonds is 4. The molecule has 0 aliphatic carbocycles. The highest BCUT2D eigenvalue weighted by Crippen LogP contribution is 2.23. The lowest BCUT2D eigenvalue weighted by Gasteiger charge is -2.36. The number of nitrogens with zero attached hydrogens (tertiary/aromatic N) is 2. The van der Waals surface area contributed by atoms with Gasteiger partial charge in [-0.25, -0.2) is 0 Å².